The van der Waals surface area contributed by atoms with Crippen LogP contribution in [0.1, 0.15) is 27.2 Å². The minimum atomic E-state index is -4.46. The van der Waals surface area contributed by atoms with Crippen molar-refractivity contribution in [3.8, 4) is 0 Å². The maximum atomic E-state index is 12.3. The van der Waals surface area contributed by atoms with Crippen molar-refractivity contribution in [2.45, 2.75) is 39.4 Å². The highest BCUT2D eigenvalue weighted by molar-refractivity contribution is 5.74. The van der Waals surface area contributed by atoms with Crippen molar-refractivity contribution in [2.24, 2.45) is 5.92 Å². The molecule has 0 saturated heterocycles. The van der Waals surface area contributed by atoms with Gasteiger partial charge in [0.05, 0.1) is 0 Å². The number of urea groups is 1. The number of amides is 2. The molecule has 8 heteroatoms. The highest BCUT2D eigenvalue weighted by atomic mass is 19.4. The summed E-state index contributed by atoms with van der Waals surface area (Å²) in [5, 5.41) is 10.8. The Morgan fingerprint density at radius 3 is 2.16 bits per heavy atom. The second-order valence-electron chi connectivity index (χ2n) is 4.73. The first-order valence-corrected chi connectivity index (χ1v) is 5.86. The van der Waals surface area contributed by atoms with Gasteiger partial charge in [-0.2, -0.15) is 13.2 Å². The molecular formula is C11H19F3N2O3. The number of alkyl halides is 3. The molecule has 0 heterocycles. The molecule has 0 aliphatic heterocycles. The molecule has 0 fully saturated rings. The van der Waals surface area contributed by atoms with Crippen LogP contribution in [0.2, 0.25) is 0 Å². The molecule has 0 saturated carbocycles. The van der Waals surface area contributed by atoms with Crippen molar-refractivity contribution in [3.05, 3.63) is 0 Å². The molecule has 19 heavy (non-hydrogen) atoms. The third-order valence-electron chi connectivity index (χ3n) is 2.36. The van der Waals surface area contributed by atoms with Gasteiger partial charge in [-0.05, 0) is 19.8 Å². The summed E-state index contributed by atoms with van der Waals surface area (Å²) in [6.07, 6.45) is -4.62. The van der Waals surface area contributed by atoms with Crippen LogP contribution in [0.4, 0.5) is 18.0 Å². The Labute approximate surface area is 109 Å². The van der Waals surface area contributed by atoms with E-state index in [4.69, 9.17) is 5.11 Å². The Morgan fingerprint density at radius 1 is 1.26 bits per heavy atom. The summed E-state index contributed by atoms with van der Waals surface area (Å²) >= 11 is 0. The van der Waals surface area contributed by atoms with Crippen molar-refractivity contribution in [1.29, 1.82) is 0 Å². The summed E-state index contributed by atoms with van der Waals surface area (Å²) in [5.41, 5.74) is 0. The molecule has 2 amide bonds. The van der Waals surface area contributed by atoms with Crippen LogP contribution in [-0.2, 0) is 4.79 Å². The van der Waals surface area contributed by atoms with Gasteiger partial charge in [-0.25, -0.2) is 4.79 Å². The van der Waals surface area contributed by atoms with Crippen LogP contribution >= 0.6 is 0 Å². The van der Waals surface area contributed by atoms with E-state index in [9.17, 15) is 22.8 Å². The summed E-state index contributed by atoms with van der Waals surface area (Å²) in [6.45, 7) is 3.24. The fraction of sp³-hybridized carbons (Fsp3) is 0.818. The zero-order chi connectivity index (χ0) is 15.2. The summed E-state index contributed by atoms with van der Waals surface area (Å²) in [7, 11) is 0. The first-order valence-electron chi connectivity index (χ1n) is 5.86. The summed E-state index contributed by atoms with van der Waals surface area (Å²) in [5.74, 6) is -1.36. The third-order valence-corrected chi connectivity index (χ3v) is 2.36. The van der Waals surface area contributed by atoms with Crippen LogP contribution in [0, 0.1) is 5.92 Å². The molecule has 0 radical (unpaired) electrons. The molecule has 5 nitrogen and oxygen atoms in total. The van der Waals surface area contributed by atoms with Gasteiger partial charge in [0.15, 0.2) is 0 Å². The predicted octanol–water partition coefficient (Wildman–Crippen LogP) is 2.08. The lowest BCUT2D eigenvalue weighted by Crippen LogP contribution is -2.49. The second-order valence-corrected chi connectivity index (χ2v) is 4.73. The molecule has 1 unspecified atom stereocenters. The zero-order valence-electron chi connectivity index (χ0n) is 11.1. The van der Waals surface area contributed by atoms with Gasteiger partial charge in [0, 0.05) is 19.0 Å². The lowest BCUT2D eigenvalue weighted by atomic mass is 10.1. The highest BCUT2D eigenvalue weighted by Gasteiger charge is 2.34. The van der Waals surface area contributed by atoms with Gasteiger partial charge in [0.2, 0.25) is 0 Å². The number of carbonyl (C=O) groups excluding carboxylic acids is 1. The van der Waals surface area contributed by atoms with Gasteiger partial charge in [-0.3, -0.25) is 4.79 Å². The number of hydrogen-bond donors (Lipinski definition) is 2. The van der Waals surface area contributed by atoms with E-state index in [1.165, 1.54) is 13.8 Å². The Bertz CT molecular complexity index is 319. The quantitative estimate of drug-likeness (QED) is 0.784. The topological polar surface area (TPSA) is 69.6 Å². The largest absolute Gasteiger partial charge is 0.481 e. The molecule has 0 rings (SSSR count). The molecule has 112 valence electrons. The number of rotatable bonds is 6. The van der Waals surface area contributed by atoms with E-state index in [0.29, 0.717) is 4.90 Å². The predicted molar refractivity (Wildman–Crippen MR) is 62.7 cm³/mol. The van der Waals surface area contributed by atoms with Crippen molar-refractivity contribution in [1.82, 2.24) is 10.2 Å². The molecule has 0 aromatic rings. The minimum absolute atomic E-state index is 0.0201. The minimum Gasteiger partial charge on any atom is -0.481 e. The third kappa shape index (κ3) is 8.28. The number of hydrogen-bond acceptors (Lipinski definition) is 2. The standard InChI is InChI=1S/C11H19F3N2O3/c1-7(2)16(6-11(12,13)14)10(19)15-5-8(3)4-9(17)18/h7-8H,4-6H2,1-3H3,(H,15,19)(H,17,18). The lowest BCUT2D eigenvalue weighted by Gasteiger charge is -2.28. The molecular weight excluding hydrogens is 265 g/mol. The van der Waals surface area contributed by atoms with E-state index in [1.54, 1.807) is 6.92 Å². The first-order chi connectivity index (χ1) is 8.53. The first kappa shape index (κ1) is 17.5. The average Bonchev–Trinajstić information content (AvgIpc) is 2.20. The molecule has 0 aliphatic carbocycles. The number of carboxylic acids is 1. The number of nitrogens with zero attached hydrogens (tertiary/aromatic N) is 1. The van der Waals surface area contributed by atoms with E-state index >= 15 is 0 Å². The average molecular weight is 284 g/mol. The van der Waals surface area contributed by atoms with E-state index in [0.717, 1.165) is 0 Å². The van der Waals surface area contributed by atoms with Crippen molar-refractivity contribution >= 4 is 12.0 Å². The van der Waals surface area contributed by atoms with E-state index in [-0.39, 0.29) is 18.9 Å². The molecule has 1 atom stereocenters. The number of nitrogens with one attached hydrogen (secondary N) is 1. The molecule has 0 spiro atoms. The Hall–Kier alpha value is -1.47. The Morgan fingerprint density at radius 2 is 1.79 bits per heavy atom. The summed E-state index contributed by atoms with van der Waals surface area (Å²) in [6, 6.07) is -1.44. The number of halogens is 3. The fourth-order valence-electron chi connectivity index (χ4n) is 1.42. The van der Waals surface area contributed by atoms with Gasteiger partial charge in [0.25, 0.3) is 0 Å². The number of carboxylic acid groups (broad SMARTS) is 1. The van der Waals surface area contributed by atoms with Gasteiger partial charge in [0.1, 0.15) is 6.54 Å². The van der Waals surface area contributed by atoms with E-state index in [1.807, 2.05) is 0 Å². The normalized spacial score (nSPS) is 13.2. The van der Waals surface area contributed by atoms with Crippen LogP contribution in [0.25, 0.3) is 0 Å². The molecule has 0 aliphatic rings. The number of aliphatic carboxylic acids is 1. The van der Waals surface area contributed by atoms with Crippen molar-refractivity contribution in [2.75, 3.05) is 13.1 Å². The maximum absolute atomic E-state index is 12.3. The number of carbonyl (C=O) groups is 2. The van der Waals surface area contributed by atoms with Crippen LogP contribution < -0.4 is 5.32 Å². The van der Waals surface area contributed by atoms with Gasteiger partial charge in [-0.1, -0.05) is 6.92 Å². The highest BCUT2D eigenvalue weighted by Crippen LogP contribution is 2.18. The smallest absolute Gasteiger partial charge is 0.406 e. The zero-order valence-corrected chi connectivity index (χ0v) is 11.1. The molecule has 2 N–H and O–H groups in total. The van der Waals surface area contributed by atoms with Gasteiger partial charge >= 0.3 is 18.2 Å². The van der Waals surface area contributed by atoms with Crippen LogP contribution in [0.3, 0.4) is 0 Å². The van der Waals surface area contributed by atoms with Crippen LogP contribution in [-0.4, -0.2) is 47.3 Å². The van der Waals surface area contributed by atoms with Crippen molar-refractivity contribution < 1.29 is 27.9 Å². The fourth-order valence-corrected chi connectivity index (χ4v) is 1.42. The van der Waals surface area contributed by atoms with Crippen molar-refractivity contribution in [3.63, 3.8) is 0 Å². The van der Waals surface area contributed by atoms with E-state index < -0.39 is 30.8 Å². The van der Waals surface area contributed by atoms with E-state index in [2.05, 4.69) is 5.32 Å². The Kier molecular flexibility index (Phi) is 6.64. The maximum Gasteiger partial charge on any atom is 0.406 e. The second kappa shape index (κ2) is 7.20. The monoisotopic (exact) mass is 284 g/mol. The molecule has 0 bridgehead atoms. The molecule has 0 aromatic carbocycles. The summed E-state index contributed by atoms with van der Waals surface area (Å²) in [4.78, 5) is 22.7. The summed E-state index contributed by atoms with van der Waals surface area (Å²) < 4.78 is 36.9. The Balaban J connectivity index is 4.38. The van der Waals surface area contributed by atoms with Gasteiger partial charge in [-0.15, -0.1) is 0 Å². The van der Waals surface area contributed by atoms with Crippen LogP contribution in [0.5, 0.6) is 0 Å². The van der Waals surface area contributed by atoms with Gasteiger partial charge < -0.3 is 15.3 Å². The lowest BCUT2D eigenvalue weighted by molar-refractivity contribution is -0.142. The van der Waals surface area contributed by atoms with Crippen LogP contribution in [0.15, 0.2) is 0 Å². The molecule has 0 aromatic heterocycles. The SMILES string of the molecule is CC(CNC(=O)N(CC(F)(F)F)C(C)C)CC(=O)O.